The fourth-order valence-corrected chi connectivity index (χ4v) is 2.42. The smallest absolute Gasteiger partial charge is 0.310 e. The minimum absolute atomic E-state index is 0.0643. The number of carbonyl (C=O) groups is 2. The zero-order chi connectivity index (χ0) is 18.8. The third-order valence-corrected chi connectivity index (χ3v) is 3.92. The van der Waals surface area contributed by atoms with Gasteiger partial charge in [-0.05, 0) is 37.5 Å². The van der Waals surface area contributed by atoms with Crippen molar-refractivity contribution < 1.29 is 23.8 Å². The van der Waals surface area contributed by atoms with Crippen LogP contribution in [0.5, 0.6) is 5.75 Å². The summed E-state index contributed by atoms with van der Waals surface area (Å²) >= 11 is 0. The SMILES string of the molecule is COCCCN(CC(C)C(=O)OC)C(=O)COc1cc(C)ccc1C. The Balaban J connectivity index is 2.70. The molecule has 6 nitrogen and oxygen atoms in total. The lowest BCUT2D eigenvalue weighted by molar-refractivity contribution is -0.146. The molecule has 6 heteroatoms. The van der Waals surface area contributed by atoms with Gasteiger partial charge in [0.2, 0.25) is 0 Å². The number of ether oxygens (including phenoxy) is 3. The van der Waals surface area contributed by atoms with Crippen molar-refractivity contribution in [3.8, 4) is 5.75 Å². The lowest BCUT2D eigenvalue weighted by Gasteiger charge is -2.25. The van der Waals surface area contributed by atoms with Crippen molar-refractivity contribution in [1.29, 1.82) is 0 Å². The summed E-state index contributed by atoms with van der Waals surface area (Å²) in [6, 6.07) is 5.87. The standard InChI is InChI=1S/C19H29NO5/c1-14-7-8-15(2)17(11-14)25-13-18(21)20(9-6-10-23-4)12-16(3)19(22)24-5/h7-8,11,16H,6,9-10,12-13H2,1-5H3. The number of nitrogens with zero attached hydrogens (tertiary/aromatic N) is 1. The average Bonchev–Trinajstić information content (AvgIpc) is 2.60. The fraction of sp³-hybridized carbons (Fsp3) is 0.579. The normalized spacial score (nSPS) is 11.7. The van der Waals surface area contributed by atoms with E-state index >= 15 is 0 Å². The number of aryl methyl sites for hydroxylation is 2. The van der Waals surface area contributed by atoms with Crippen molar-refractivity contribution in [2.24, 2.45) is 5.92 Å². The van der Waals surface area contributed by atoms with Gasteiger partial charge in [0.25, 0.3) is 5.91 Å². The van der Waals surface area contributed by atoms with Gasteiger partial charge in [-0.3, -0.25) is 9.59 Å². The highest BCUT2D eigenvalue weighted by atomic mass is 16.5. The molecule has 0 spiro atoms. The Morgan fingerprint density at radius 3 is 2.56 bits per heavy atom. The highest BCUT2D eigenvalue weighted by molar-refractivity contribution is 5.79. The second kappa shape index (κ2) is 10.7. The highest BCUT2D eigenvalue weighted by Gasteiger charge is 2.21. The first kappa shape index (κ1) is 21.0. The number of esters is 1. The molecule has 0 heterocycles. The fourth-order valence-electron chi connectivity index (χ4n) is 2.42. The molecule has 0 saturated heterocycles. The van der Waals surface area contributed by atoms with E-state index < -0.39 is 5.92 Å². The number of rotatable bonds is 10. The maximum Gasteiger partial charge on any atom is 0.310 e. The summed E-state index contributed by atoms with van der Waals surface area (Å²) in [7, 11) is 2.96. The third-order valence-electron chi connectivity index (χ3n) is 3.92. The molecule has 140 valence electrons. The van der Waals surface area contributed by atoms with Crippen LogP contribution >= 0.6 is 0 Å². The van der Waals surface area contributed by atoms with Gasteiger partial charge >= 0.3 is 5.97 Å². The summed E-state index contributed by atoms with van der Waals surface area (Å²) in [5, 5.41) is 0. The van der Waals surface area contributed by atoms with Crippen molar-refractivity contribution in [2.75, 3.05) is 40.5 Å². The van der Waals surface area contributed by atoms with Crippen molar-refractivity contribution in [2.45, 2.75) is 27.2 Å². The maximum atomic E-state index is 12.6. The molecule has 1 aromatic rings. The van der Waals surface area contributed by atoms with Crippen molar-refractivity contribution in [3.05, 3.63) is 29.3 Å². The second-order valence-electron chi connectivity index (χ2n) is 6.17. The van der Waals surface area contributed by atoms with E-state index in [0.717, 1.165) is 11.1 Å². The Kier molecular flexibility index (Phi) is 8.99. The third kappa shape index (κ3) is 7.13. The Morgan fingerprint density at radius 1 is 1.20 bits per heavy atom. The van der Waals surface area contributed by atoms with Crippen molar-refractivity contribution in [1.82, 2.24) is 4.90 Å². The van der Waals surface area contributed by atoms with Crippen molar-refractivity contribution >= 4 is 11.9 Å². The highest BCUT2D eigenvalue weighted by Crippen LogP contribution is 2.19. The van der Waals surface area contributed by atoms with Crippen LogP contribution in [0.3, 0.4) is 0 Å². The lowest BCUT2D eigenvalue weighted by Crippen LogP contribution is -2.40. The minimum atomic E-state index is -0.391. The van der Waals surface area contributed by atoms with E-state index in [0.29, 0.717) is 31.9 Å². The molecule has 0 aliphatic carbocycles. The number of carbonyl (C=O) groups excluding carboxylic acids is 2. The van der Waals surface area contributed by atoms with Gasteiger partial charge in [-0.2, -0.15) is 0 Å². The van der Waals surface area contributed by atoms with E-state index in [1.165, 1.54) is 7.11 Å². The number of hydrogen-bond acceptors (Lipinski definition) is 5. The van der Waals surface area contributed by atoms with Crippen LogP contribution in [0.2, 0.25) is 0 Å². The van der Waals surface area contributed by atoms with E-state index in [1.54, 1.807) is 18.9 Å². The molecular formula is C19H29NO5. The summed E-state index contributed by atoms with van der Waals surface area (Å²) in [6.45, 7) is 6.95. The molecule has 1 rings (SSSR count). The van der Waals surface area contributed by atoms with E-state index in [9.17, 15) is 9.59 Å². The quantitative estimate of drug-likeness (QED) is 0.478. The molecule has 0 radical (unpaired) electrons. The zero-order valence-electron chi connectivity index (χ0n) is 15.8. The van der Waals surface area contributed by atoms with E-state index in [4.69, 9.17) is 14.2 Å². The largest absolute Gasteiger partial charge is 0.483 e. The topological polar surface area (TPSA) is 65.1 Å². The van der Waals surface area contributed by atoms with Crippen LogP contribution < -0.4 is 4.74 Å². The lowest BCUT2D eigenvalue weighted by atomic mass is 10.1. The molecule has 1 atom stereocenters. The molecule has 0 fully saturated rings. The van der Waals surface area contributed by atoms with Gasteiger partial charge in [0.1, 0.15) is 5.75 Å². The second-order valence-corrected chi connectivity index (χ2v) is 6.17. The molecule has 0 N–H and O–H groups in total. The van der Waals surface area contributed by atoms with Crippen LogP contribution in [0.25, 0.3) is 0 Å². The predicted octanol–water partition coefficient (Wildman–Crippen LogP) is 2.36. The first-order valence-electron chi connectivity index (χ1n) is 8.43. The number of amides is 1. The zero-order valence-corrected chi connectivity index (χ0v) is 15.8. The molecule has 0 aromatic heterocycles. The van der Waals surface area contributed by atoms with Gasteiger partial charge in [-0.25, -0.2) is 0 Å². The molecule has 0 saturated carbocycles. The summed E-state index contributed by atoms with van der Waals surface area (Å²) in [5.41, 5.74) is 2.05. The van der Waals surface area contributed by atoms with Gasteiger partial charge in [-0.1, -0.05) is 19.1 Å². The van der Waals surface area contributed by atoms with Gasteiger partial charge < -0.3 is 19.1 Å². The van der Waals surface area contributed by atoms with E-state index in [1.807, 2.05) is 32.0 Å². The maximum absolute atomic E-state index is 12.6. The Morgan fingerprint density at radius 2 is 1.92 bits per heavy atom. The average molecular weight is 351 g/mol. The summed E-state index contributed by atoms with van der Waals surface area (Å²) in [5.74, 6) is -0.184. The first-order valence-corrected chi connectivity index (χ1v) is 8.43. The van der Waals surface area contributed by atoms with Crippen LogP contribution in [-0.2, 0) is 19.1 Å². The Hall–Kier alpha value is -2.08. The van der Waals surface area contributed by atoms with Crippen LogP contribution in [-0.4, -0.2) is 57.3 Å². The Labute approximate surface area is 150 Å². The van der Waals surface area contributed by atoms with Gasteiger partial charge in [-0.15, -0.1) is 0 Å². The first-order chi connectivity index (χ1) is 11.9. The molecule has 1 amide bonds. The van der Waals surface area contributed by atoms with Gasteiger partial charge in [0.15, 0.2) is 6.61 Å². The summed E-state index contributed by atoms with van der Waals surface area (Å²) in [4.78, 5) is 25.8. The van der Waals surface area contributed by atoms with Crippen molar-refractivity contribution in [3.63, 3.8) is 0 Å². The predicted molar refractivity (Wildman–Crippen MR) is 95.7 cm³/mol. The molecule has 0 aliphatic rings. The van der Waals surface area contributed by atoms with E-state index in [-0.39, 0.29) is 18.5 Å². The molecule has 25 heavy (non-hydrogen) atoms. The van der Waals surface area contributed by atoms with E-state index in [2.05, 4.69) is 0 Å². The molecule has 0 bridgehead atoms. The molecule has 1 unspecified atom stereocenters. The summed E-state index contributed by atoms with van der Waals surface area (Å²) in [6.07, 6.45) is 0.694. The minimum Gasteiger partial charge on any atom is -0.483 e. The van der Waals surface area contributed by atoms with Crippen LogP contribution in [0.15, 0.2) is 18.2 Å². The number of methoxy groups -OCH3 is 2. The monoisotopic (exact) mass is 351 g/mol. The van der Waals surface area contributed by atoms with Crippen LogP contribution in [0.4, 0.5) is 0 Å². The number of hydrogen-bond donors (Lipinski definition) is 0. The summed E-state index contributed by atoms with van der Waals surface area (Å²) < 4.78 is 15.5. The van der Waals surface area contributed by atoms with Gasteiger partial charge in [0, 0.05) is 26.8 Å². The van der Waals surface area contributed by atoms with Crippen LogP contribution in [0.1, 0.15) is 24.5 Å². The van der Waals surface area contributed by atoms with Gasteiger partial charge in [0.05, 0.1) is 13.0 Å². The molecule has 0 aliphatic heterocycles. The van der Waals surface area contributed by atoms with Crippen LogP contribution in [0, 0.1) is 19.8 Å². The Bertz CT molecular complexity index is 573. The molecular weight excluding hydrogens is 322 g/mol. The molecule has 1 aromatic carbocycles. The number of benzene rings is 1.